The van der Waals surface area contributed by atoms with Gasteiger partial charge in [0, 0.05) is 0 Å². The van der Waals surface area contributed by atoms with Crippen LogP contribution in [0.5, 0.6) is 0 Å². The van der Waals surface area contributed by atoms with Gasteiger partial charge in [-0.25, -0.2) is 0 Å². The lowest BCUT2D eigenvalue weighted by molar-refractivity contribution is -0.202. The van der Waals surface area contributed by atoms with E-state index < -0.39 is 0 Å². The van der Waals surface area contributed by atoms with E-state index in [-0.39, 0.29) is 12.2 Å². The number of hydrogen-bond donors (Lipinski definition) is 1. The minimum absolute atomic E-state index is 0.0603. The van der Waals surface area contributed by atoms with Crippen LogP contribution in [0.3, 0.4) is 0 Å². The monoisotopic (exact) mass is 328 g/mol. The van der Waals surface area contributed by atoms with E-state index in [1.54, 1.807) is 0 Å². The fourth-order valence-electron chi connectivity index (χ4n) is 4.97. The molecule has 0 aromatic carbocycles. The lowest BCUT2D eigenvalue weighted by Crippen LogP contribution is -2.59. The summed E-state index contributed by atoms with van der Waals surface area (Å²) in [4.78, 5) is 0. The molecule has 0 aliphatic heterocycles. The second-order valence-corrected chi connectivity index (χ2v) is 7.60. The summed E-state index contributed by atoms with van der Waals surface area (Å²) in [5.74, 6) is 4.02. The molecule has 0 aromatic rings. The van der Waals surface area contributed by atoms with Crippen LogP contribution in [0.4, 0.5) is 0 Å². The third-order valence-corrected chi connectivity index (χ3v) is 5.89. The van der Waals surface area contributed by atoms with Crippen LogP contribution in [0, 0.1) is 23.7 Å². The maximum atomic E-state index is 8.55. The first kappa shape index (κ1) is 17.6. The van der Waals surface area contributed by atoms with Gasteiger partial charge in [-0.1, -0.05) is 0 Å². The molecule has 0 saturated heterocycles. The second kappa shape index (κ2) is 8.26. The standard InChI is InChI=1S/C18H32O5/c1-18(12-15-10-14-11-16(13-18)17(14)15)23-9-8-22-7-6-21-5-4-20-3-2-19/h14-17,19H,2-13H2,1H3. The number of hydrogen-bond acceptors (Lipinski definition) is 5. The van der Waals surface area contributed by atoms with Crippen molar-refractivity contribution in [3.8, 4) is 0 Å². The van der Waals surface area contributed by atoms with E-state index in [4.69, 9.17) is 24.1 Å². The molecule has 3 aliphatic carbocycles. The smallest absolute Gasteiger partial charge is 0.0707 e. The largest absolute Gasteiger partial charge is 0.394 e. The summed E-state index contributed by atoms with van der Waals surface area (Å²) >= 11 is 0. The Morgan fingerprint density at radius 3 is 1.83 bits per heavy atom. The molecule has 2 atom stereocenters. The lowest BCUT2D eigenvalue weighted by Gasteiger charge is -2.65. The molecule has 2 unspecified atom stereocenters. The molecule has 3 fully saturated rings. The van der Waals surface area contributed by atoms with Crippen molar-refractivity contribution in [3.63, 3.8) is 0 Å². The van der Waals surface area contributed by atoms with E-state index in [9.17, 15) is 0 Å². The van der Waals surface area contributed by atoms with Gasteiger partial charge in [-0.2, -0.15) is 0 Å². The van der Waals surface area contributed by atoms with Gasteiger partial charge in [0.1, 0.15) is 0 Å². The molecule has 0 spiro atoms. The van der Waals surface area contributed by atoms with Gasteiger partial charge in [-0.3, -0.25) is 0 Å². The zero-order chi connectivity index (χ0) is 16.1. The Hall–Kier alpha value is -0.200. The molecule has 5 nitrogen and oxygen atoms in total. The summed E-state index contributed by atoms with van der Waals surface area (Å²) in [7, 11) is 0. The van der Waals surface area contributed by atoms with E-state index >= 15 is 0 Å². The molecular weight excluding hydrogens is 296 g/mol. The highest BCUT2D eigenvalue weighted by Gasteiger charge is 2.59. The topological polar surface area (TPSA) is 57.2 Å². The minimum Gasteiger partial charge on any atom is -0.394 e. The van der Waals surface area contributed by atoms with Crippen molar-refractivity contribution < 1.29 is 24.1 Å². The van der Waals surface area contributed by atoms with Crippen molar-refractivity contribution >= 4 is 0 Å². The van der Waals surface area contributed by atoms with E-state index in [2.05, 4.69) is 6.92 Å². The van der Waals surface area contributed by atoms with Gasteiger partial charge in [0.25, 0.3) is 0 Å². The third kappa shape index (κ3) is 4.45. The zero-order valence-corrected chi connectivity index (χ0v) is 14.4. The van der Waals surface area contributed by atoms with Crippen molar-refractivity contribution in [1.82, 2.24) is 0 Å². The quantitative estimate of drug-likeness (QED) is 0.554. The van der Waals surface area contributed by atoms with Gasteiger partial charge >= 0.3 is 0 Å². The maximum absolute atomic E-state index is 8.55. The van der Waals surface area contributed by atoms with Crippen LogP contribution in [0.15, 0.2) is 0 Å². The van der Waals surface area contributed by atoms with Gasteiger partial charge in [-0.15, -0.1) is 0 Å². The average molecular weight is 328 g/mol. The van der Waals surface area contributed by atoms with E-state index in [1.165, 1.54) is 25.7 Å². The minimum atomic E-state index is 0.0603. The molecule has 23 heavy (non-hydrogen) atoms. The van der Waals surface area contributed by atoms with E-state index in [0.29, 0.717) is 46.2 Å². The van der Waals surface area contributed by atoms with Gasteiger partial charge in [0.2, 0.25) is 0 Å². The van der Waals surface area contributed by atoms with Crippen molar-refractivity contribution in [3.05, 3.63) is 0 Å². The van der Waals surface area contributed by atoms with Gasteiger partial charge in [0.15, 0.2) is 0 Å². The molecule has 0 heterocycles. The zero-order valence-electron chi connectivity index (χ0n) is 14.4. The average Bonchev–Trinajstić information content (AvgIpc) is 2.48. The Morgan fingerprint density at radius 2 is 1.30 bits per heavy atom. The number of ether oxygens (including phenoxy) is 4. The Morgan fingerprint density at radius 1 is 0.783 bits per heavy atom. The Labute approximate surface area is 139 Å². The number of rotatable bonds is 12. The summed E-state index contributed by atoms with van der Waals surface area (Å²) < 4.78 is 22.2. The number of aliphatic hydroxyl groups is 1. The highest BCUT2D eigenvalue weighted by Crippen LogP contribution is 2.65. The van der Waals surface area contributed by atoms with Crippen LogP contribution in [-0.2, 0) is 18.9 Å². The van der Waals surface area contributed by atoms with Gasteiger partial charge in [-0.05, 0) is 56.3 Å². The molecule has 0 aromatic heterocycles. The molecule has 5 heteroatoms. The molecule has 3 rings (SSSR count). The maximum Gasteiger partial charge on any atom is 0.0707 e. The van der Waals surface area contributed by atoms with Gasteiger partial charge in [0.05, 0.1) is 58.5 Å². The molecule has 3 saturated carbocycles. The predicted molar refractivity (Wildman–Crippen MR) is 86.3 cm³/mol. The van der Waals surface area contributed by atoms with Crippen molar-refractivity contribution in [2.45, 2.75) is 38.2 Å². The van der Waals surface area contributed by atoms with Crippen molar-refractivity contribution in [2.24, 2.45) is 23.7 Å². The Bertz CT molecular complexity index is 345. The first-order valence-corrected chi connectivity index (χ1v) is 9.20. The normalized spacial score (nSPS) is 37.8. The van der Waals surface area contributed by atoms with Crippen LogP contribution in [0.25, 0.3) is 0 Å². The second-order valence-electron chi connectivity index (χ2n) is 7.60. The Balaban J connectivity index is 1.16. The molecular formula is C18H32O5. The molecule has 0 radical (unpaired) electrons. The van der Waals surface area contributed by atoms with Gasteiger partial charge < -0.3 is 24.1 Å². The predicted octanol–water partition coefficient (Wildman–Crippen LogP) is 1.87. The molecule has 1 N–H and O–H groups in total. The number of aliphatic hydroxyl groups excluding tert-OH is 1. The van der Waals surface area contributed by atoms with E-state index in [0.717, 1.165) is 23.7 Å². The fraction of sp³-hybridized carbons (Fsp3) is 1.00. The van der Waals surface area contributed by atoms with Crippen LogP contribution in [0.1, 0.15) is 32.6 Å². The summed E-state index contributed by atoms with van der Waals surface area (Å²) in [6, 6.07) is 0. The summed E-state index contributed by atoms with van der Waals surface area (Å²) in [5.41, 5.74) is 0.0845. The molecule has 134 valence electrons. The Kier molecular flexibility index (Phi) is 6.32. The summed E-state index contributed by atoms with van der Waals surface area (Å²) in [5, 5.41) is 8.55. The molecule has 0 amide bonds. The highest BCUT2D eigenvalue weighted by atomic mass is 16.6. The van der Waals surface area contributed by atoms with Crippen LogP contribution >= 0.6 is 0 Å². The first-order chi connectivity index (χ1) is 11.2. The fourth-order valence-corrected chi connectivity index (χ4v) is 4.97. The highest BCUT2D eigenvalue weighted by molar-refractivity contribution is 5.09. The summed E-state index contributed by atoms with van der Waals surface area (Å²) in [6.07, 6.45) is 5.41. The van der Waals surface area contributed by atoms with Crippen LogP contribution in [0.2, 0.25) is 0 Å². The lowest BCUT2D eigenvalue weighted by atomic mass is 9.42. The van der Waals surface area contributed by atoms with Crippen molar-refractivity contribution in [2.75, 3.05) is 52.9 Å². The van der Waals surface area contributed by atoms with Crippen LogP contribution < -0.4 is 0 Å². The first-order valence-electron chi connectivity index (χ1n) is 9.20. The molecule has 3 aliphatic rings. The summed E-state index contributed by atoms with van der Waals surface area (Å²) in [6.45, 7) is 6.29. The van der Waals surface area contributed by atoms with Crippen molar-refractivity contribution in [1.29, 1.82) is 0 Å². The van der Waals surface area contributed by atoms with Crippen LogP contribution in [-0.4, -0.2) is 63.6 Å². The third-order valence-electron chi connectivity index (χ3n) is 5.89. The molecule has 0 bridgehead atoms. The SMILES string of the molecule is CC1(OCCOCCOCCOCCO)CC2CC3CC(C1)C32. The van der Waals surface area contributed by atoms with E-state index in [1.807, 2.05) is 0 Å².